The first-order valence-corrected chi connectivity index (χ1v) is 6.70. The zero-order chi connectivity index (χ0) is 13.3. The quantitative estimate of drug-likeness (QED) is 0.894. The molecule has 2 N–H and O–H groups in total. The molecular formula is C15H24N2O. The minimum Gasteiger partial charge on any atom is -0.496 e. The fourth-order valence-electron chi connectivity index (χ4n) is 3.19. The van der Waals surface area contributed by atoms with E-state index >= 15 is 0 Å². The molecule has 18 heavy (non-hydrogen) atoms. The highest BCUT2D eigenvalue weighted by atomic mass is 16.5. The van der Waals surface area contributed by atoms with E-state index in [4.69, 9.17) is 10.5 Å². The zero-order valence-corrected chi connectivity index (χ0v) is 11.9. The molecule has 0 amide bonds. The number of aromatic nitrogens is 1. The molecule has 0 bridgehead atoms. The van der Waals surface area contributed by atoms with Crippen molar-refractivity contribution in [2.75, 3.05) is 7.11 Å². The Hall–Kier alpha value is -1.09. The average Bonchev–Trinajstić information content (AvgIpc) is 2.64. The minimum absolute atomic E-state index is 0.303. The second-order valence-corrected chi connectivity index (χ2v) is 6.04. The van der Waals surface area contributed by atoms with Crippen LogP contribution in [0.5, 0.6) is 5.75 Å². The molecule has 1 fully saturated rings. The summed E-state index contributed by atoms with van der Waals surface area (Å²) in [5.74, 6) is 0.978. The van der Waals surface area contributed by atoms with Crippen LogP contribution >= 0.6 is 0 Å². The third-order valence-electron chi connectivity index (χ3n) is 4.22. The van der Waals surface area contributed by atoms with E-state index in [0.29, 0.717) is 11.5 Å². The molecule has 3 nitrogen and oxygen atoms in total. The Morgan fingerprint density at radius 3 is 2.78 bits per heavy atom. The lowest BCUT2D eigenvalue weighted by atomic mass is 9.82. The second kappa shape index (κ2) is 4.88. The molecule has 2 unspecified atom stereocenters. The average molecular weight is 248 g/mol. The van der Waals surface area contributed by atoms with Crippen LogP contribution in [0.2, 0.25) is 0 Å². The van der Waals surface area contributed by atoms with Crippen molar-refractivity contribution in [1.82, 2.24) is 4.98 Å². The first-order chi connectivity index (χ1) is 8.45. The van der Waals surface area contributed by atoms with Gasteiger partial charge in [0.2, 0.25) is 0 Å². The molecule has 1 saturated carbocycles. The van der Waals surface area contributed by atoms with Gasteiger partial charge in [0.1, 0.15) is 5.75 Å². The maximum Gasteiger partial charge on any atom is 0.128 e. The minimum atomic E-state index is 0.303. The first kappa shape index (κ1) is 13.3. The summed E-state index contributed by atoms with van der Waals surface area (Å²) in [6.45, 7) is 6.47. The van der Waals surface area contributed by atoms with Gasteiger partial charge in [-0.25, -0.2) is 0 Å². The standard InChI is InChI=1S/C15H24N2O/c1-10-9-17-13(11(2)14(10)18-4)8-15(3)6-5-12(16)7-15/h9,12H,5-8,16H2,1-4H3. The summed E-state index contributed by atoms with van der Waals surface area (Å²) in [6, 6.07) is 0.364. The van der Waals surface area contributed by atoms with Crippen LogP contribution in [-0.2, 0) is 6.42 Å². The van der Waals surface area contributed by atoms with E-state index < -0.39 is 0 Å². The maximum absolute atomic E-state index is 6.04. The lowest BCUT2D eigenvalue weighted by Crippen LogP contribution is -2.22. The van der Waals surface area contributed by atoms with Crippen LogP contribution in [0.3, 0.4) is 0 Å². The lowest BCUT2D eigenvalue weighted by Gasteiger charge is -2.25. The van der Waals surface area contributed by atoms with Crippen LogP contribution in [0.4, 0.5) is 0 Å². The Morgan fingerprint density at radius 2 is 2.22 bits per heavy atom. The van der Waals surface area contributed by atoms with E-state index in [0.717, 1.165) is 36.3 Å². The first-order valence-electron chi connectivity index (χ1n) is 6.70. The lowest BCUT2D eigenvalue weighted by molar-refractivity contribution is 0.324. The summed E-state index contributed by atoms with van der Waals surface area (Å²) >= 11 is 0. The van der Waals surface area contributed by atoms with Gasteiger partial charge in [-0.3, -0.25) is 4.98 Å². The Kier molecular flexibility index (Phi) is 3.62. The number of hydrogen-bond donors (Lipinski definition) is 1. The molecule has 1 aliphatic carbocycles. The molecule has 1 heterocycles. The van der Waals surface area contributed by atoms with E-state index in [9.17, 15) is 0 Å². The molecule has 2 rings (SSSR count). The maximum atomic E-state index is 6.04. The van der Waals surface area contributed by atoms with Crippen LogP contribution in [-0.4, -0.2) is 18.1 Å². The van der Waals surface area contributed by atoms with Gasteiger partial charge in [0.05, 0.1) is 7.11 Å². The Morgan fingerprint density at radius 1 is 1.50 bits per heavy atom. The number of ether oxygens (including phenoxy) is 1. The zero-order valence-electron chi connectivity index (χ0n) is 11.9. The van der Waals surface area contributed by atoms with Crippen molar-refractivity contribution in [3.05, 3.63) is 23.0 Å². The molecule has 1 aromatic rings. The van der Waals surface area contributed by atoms with Crippen molar-refractivity contribution in [2.24, 2.45) is 11.1 Å². The van der Waals surface area contributed by atoms with Gasteiger partial charge in [-0.15, -0.1) is 0 Å². The Labute approximate surface area is 110 Å². The molecule has 2 atom stereocenters. The number of hydrogen-bond acceptors (Lipinski definition) is 3. The van der Waals surface area contributed by atoms with Crippen LogP contribution in [0, 0.1) is 19.3 Å². The second-order valence-electron chi connectivity index (χ2n) is 6.04. The predicted octanol–water partition coefficient (Wildman–Crippen LogP) is 2.77. The van der Waals surface area contributed by atoms with Crippen molar-refractivity contribution < 1.29 is 4.74 Å². The number of aryl methyl sites for hydroxylation is 1. The molecule has 1 aliphatic rings. The number of nitrogens with two attached hydrogens (primary N) is 1. The van der Waals surface area contributed by atoms with Gasteiger partial charge in [-0.1, -0.05) is 6.92 Å². The molecule has 0 saturated heterocycles. The highest BCUT2D eigenvalue weighted by Crippen LogP contribution is 2.40. The molecule has 0 spiro atoms. The van der Waals surface area contributed by atoms with Gasteiger partial charge in [0.25, 0.3) is 0 Å². The number of pyridine rings is 1. The van der Waals surface area contributed by atoms with Crippen molar-refractivity contribution in [3.8, 4) is 5.75 Å². The summed E-state index contributed by atoms with van der Waals surface area (Å²) in [5.41, 5.74) is 9.78. The molecule has 0 radical (unpaired) electrons. The number of methoxy groups -OCH3 is 1. The van der Waals surface area contributed by atoms with E-state index in [1.807, 2.05) is 13.1 Å². The summed E-state index contributed by atoms with van der Waals surface area (Å²) in [5, 5.41) is 0. The molecule has 3 heteroatoms. The van der Waals surface area contributed by atoms with Gasteiger partial charge in [0.15, 0.2) is 0 Å². The van der Waals surface area contributed by atoms with Crippen LogP contribution < -0.4 is 10.5 Å². The van der Waals surface area contributed by atoms with Crippen LogP contribution in [0.15, 0.2) is 6.20 Å². The van der Waals surface area contributed by atoms with Gasteiger partial charge < -0.3 is 10.5 Å². The van der Waals surface area contributed by atoms with E-state index in [1.165, 1.54) is 12.0 Å². The molecule has 0 aliphatic heterocycles. The summed E-state index contributed by atoms with van der Waals surface area (Å²) < 4.78 is 5.47. The summed E-state index contributed by atoms with van der Waals surface area (Å²) in [6.07, 6.45) is 6.36. The van der Waals surface area contributed by atoms with Crippen molar-refractivity contribution in [2.45, 2.75) is 52.5 Å². The molecule has 100 valence electrons. The van der Waals surface area contributed by atoms with Crippen LogP contribution in [0.1, 0.15) is 43.0 Å². The highest BCUT2D eigenvalue weighted by Gasteiger charge is 2.34. The van der Waals surface area contributed by atoms with Gasteiger partial charge in [-0.2, -0.15) is 0 Å². The fraction of sp³-hybridized carbons (Fsp3) is 0.667. The third kappa shape index (κ3) is 2.51. The number of nitrogens with zero attached hydrogens (tertiary/aromatic N) is 1. The highest BCUT2D eigenvalue weighted by molar-refractivity contribution is 5.41. The number of rotatable bonds is 3. The van der Waals surface area contributed by atoms with Gasteiger partial charge in [-0.05, 0) is 44.9 Å². The molecule has 1 aromatic heterocycles. The van der Waals surface area contributed by atoms with Crippen molar-refractivity contribution >= 4 is 0 Å². The van der Waals surface area contributed by atoms with E-state index in [-0.39, 0.29) is 0 Å². The Bertz CT molecular complexity index is 444. The predicted molar refractivity (Wildman–Crippen MR) is 73.9 cm³/mol. The summed E-state index contributed by atoms with van der Waals surface area (Å²) in [4.78, 5) is 4.60. The van der Waals surface area contributed by atoms with Gasteiger partial charge in [0, 0.05) is 29.1 Å². The molecule has 0 aromatic carbocycles. The Balaban J connectivity index is 2.25. The topological polar surface area (TPSA) is 48.1 Å². The normalized spacial score (nSPS) is 27.5. The monoisotopic (exact) mass is 248 g/mol. The summed E-state index contributed by atoms with van der Waals surface area (Å²) in [7, 11) is 1.73. The van der Waals surface area contributed by atoms with Gasteiger partial charge >= 0.3 is 0 Å². The SMILES string of the molecule is COc1c(C)cnc(CC2(C)CCC(N)C2)c1C. The smallest absolute Gasteiger partial charge is 0.128 e. The molecular weight excluding hydrogens is 224 g/mol. The largest absolute Gasteiger partial charge is 0.496 e. The van der Waals surface area contributed by atoms with Crippen molar-refractivity contribution in [3.63, 3.8) is 0 Å². The third-order valence-corrected chi connectivity index (χ3v) is 4.22. The van der Waals surface area contributed by atoms with Crippen LogP contribution in [0.25, 0.3) is 0 Å². The fourth-order valence-corrected chi connectivity index (χ4v) is 3.19. The van der Waals surface area contributed by atoms with E-state index in [2.05, 4.69) is 18.8 Å². The van der Waals surface area contributed by atoms with Crippen molar-refractivity contribution in [1.29, 1.82) is 0 Å². The van der Waals surface area contributed by atoms with E-state index in [1.54, 1.807) is 7.11 Å².